The minimum absolute atomic E-state index is 0.473. The number of nitrogens with zero attached hydrogens (tertiary/aromatic N) is 5. The van der Waals surface area contributed by atoms with Crippen LogP contribution in [-0.4, -0.2) is 71.6 Å². The molecule has 3 atom stereocenters. The molecule has 6 heteroatoms. The van der Waals surface area contributed by atoms with Gasteiger partial charge in [-0.25, -0.2) is 4.98 Å². The smallest absolute Gasteiger partial charge is 0.193 e. The molecular weight excluding hydrogens is 312 g/mol. The fourth-order valence-electron chi connectivity index (χ4n) is 4.26. The van der Waals surface area contributed by atoms with Crippen molar-refractivity contribution < 1.29 is 0 Å². The molecule has 25 heavy (non-hydrogen) atoms. The second-order valence-corrected chi connectivity index (χ2v) is 7.67. The largest absolute Gasteiger partial charge is 0.356 e. The SMILES string of the molecule is CCCN1CCC(CNC(=NC)N2CCC(C)C(n3ccnc3)C2)C1. The molecule has 2 aliphatic rings. The highest BCUT2D eigenvalue weighted by molar-refractivity contribution is 5.80. The van der Waals surface area contributed by atoms with Gasteiger partial charge in [-0.15, -0.1) is 0 Å². The number of rotatable bonds is 5. The van der Waals surface area contributed by atoms with Crippen molar-refractivity contribution in [2.24, 2.45) is 16.8 Å². The van der Waals surface area contributed by atoms with Crippen LogP contribution >= 0.6 is 0 Å². The van der Waals surface area contributed by atoms with Crippen LogP contribution in [0.1, 0.15) is 39.2 Å². The fraction of sp³-hybridized carbons (Fsp3) is 0.789. The number of guanidine groups is 1. The van der Waals surface area contributed by atoms with Gasteiger partial charge in [-0.1, -0.05) is 13.8 Å². The highest BCUT2D eigenvalue weighted by Crippen LogP contribution is 2.27. The van der Waals surface area contributed by atoms with Crippen molar-refractivity contribution in [2.45, 2.75) is 39.2 Å². The van der Waals surface area contributed by atoms with E-state index in [9.17, 15) is 0 Å². The molecule has 3 unspecified atom stereocenters. The van der Waals surface area contributed by atoms with E-state index in [4.69, 9.17) is 0 Å². The number of hydrogen-bond donors (Lipinski definition) is 1. The first-order valence-corrected chi connectivity index (χ1v) is 9.86. The number of nitrogens with one attached hydrogen (secondary N) is 1. The molecule has 2 aliphatic heterocycles. The Morgan fingerprint density at radius 1 is 1.28 bits per heavy atom. The highest BCUT2D eigenvalue weighted by Gasteiger charge is 2.29. The number of aromatic nitrogens is 2. The maximum atomic E-state index is 4.56. The summed E-state index contributed by atoms with van der Waals surface area (Å²) in [6.07, 6.45) is 9.66. The predicted molar refractivity (Wildman–Crippen MR) is 103 cm³/mol. The predicted octanol–water partition coefficient (Wildman–Crippen LogP) is 2.07. The van der Waals surface area contributed by atoms with E-state index >= 15 is 0 Å². The summed E-state index contributed by atoms with van der Waals surface area (Å²) < 4.78 is 2.25. The van der Waals surface area contributed by atoms with Crippen LogP contribution in [0.25, 0.3) is 0 Å². The van der Waals surface area contributed by atoms with Crippen molar-refractivity contribution in [3.63, 3.8) is 0 Å². The Labute approximate surface area is 152 Å². The molecule has 0 saturated carbocycles. The molecule has 0 bridgehead atoms. The average Bonchev–Trinajstić information content (AvgIpc) is 3.29. The van der Waals surface area contributed by atoms with Crippen LogP contribution in [-0.2, 0) is 0 Å². The number of piperidine rings is 1. The van der Waals surface area contributed by atoms with Crippen LogP contribution in [0, 0.1) is 11.8 Å². The normalized spacial score (nSPS) is 28.5. The van der Waals surface area contributed by atoms with Crippen LogP contribution in [0.5, 0.6) is 0 Å². The second kappa shape index (κ2) is 8.70. The third-order valence-electron chi connectivity index (χ3n) is 5.80. The van der Waals surface area contributed by atoms with Crippen molar-refractivity contribution >= 4 is 5.96 Å². The summed E-state index contributed by atoms with van der Waals surface area (Å²) in [5.74, 6) is 2.48. The lowest BCUT2D eigenvalue weighted by Gasteiger charge is -2.39. The molecule has 0 spiro atoms. The molecule has 1 aromatic rings. The highest BCUT2D eigenvalue weighted by atomic mass is 15.3. The topological polar surface area (TPSA) is 48.7 Å². The Morgan fingerprint density at radius 2 is 2.16 bits per heavy atom. The van der Waals surface area contributed by atoms with Gasteiger partial charge in [0.05, 0.1) is 12.4 Å². The van der Waals surface area contributed by atoms with Gasteiger partial charge in [0.2, 0.25) is 0 Å². The first kappa shape index (κ1) is 18.2. The van der Waals surface area contributed by atoms with Gasteiger partial charge in [0.25, 0.3) is 0 Å². The van der Waals surface area contributed by atoms with E-state index in [1.54, 1.807) is 0 Å². The third-order valence-corrected chi connectivity index (χ3v) is 5.80. The summed E-state index contributed by atoms with van der Waals surface area (Å²) in [6.45, 7) is 11.5. The standard InChI is InChI=1S/C19H34N6/c1-4-8-23-9-6-17(13-23)12-22-19(20-3)24-10-5-16(2)18(14-24)25-11-7-21-15-25/h7,11,15-18H,4-6,8-10,12-14H2,1-3H3,(H,20,22). The maximum Gasteiger partial charge on any atom is 0.193 e. The van der Waals surface area contributed by atoms with Gasteiger partial charge in [0, 0.05) is 45.6 Å². The molecular formula is C19H34N6. The zero-order valence-corrected chi connectivity index (χ0v) is 16.1. The Kier molecular flexibility index (Phi) is 6.34. The molecule has 1 aromatic heterocycles. The monoisotopic (exact) mass is 346 g/mol. The molecule has 2 saturated heterocycles. The summed E-state index contributed by atoms with van der Waals surface area (Å²) in [6, 6.07) is 0.473. The number of imidazole rings is 1. The van der Waals surface area contributed by atoms with Crippen LogP contribution in [0.3, 0.4) is 0 Å². The Balaban J connectivity index is 1.53. The third kappa shape index (κ3) is 4.54. The lowest BCUT2D eigenvalue weighted by Crippen LogP contribution is -2.49. The second-order valence-electron chi connectivity index (χ2n) is 7.67. The fourth-order valence-corrected chi connectivity index (χ4v) is 4.26. The Morgan fingerprint density at radius 3 is 2.88 bits per heavy atom. The lowest BCUT2D eigenvalue weighted by molar-refractivity contribution is 0.188. The molecule has 2 fully saturated rings. The minimum atomic E-state index is 0.473. The molecule has 3 rings (SSSR count). The van der Waals surface area contributed by atoms with E-state index in [0.29, 0.717) is 12.0 Å². The first-order valence-electron chi connectivity index (χ1n) is 9.86. The summed E-state index contributed by atoms with van der Waals surface area (Å²) in [5, 5.41) is 3.65. The first-order chi connectivity index (χ1) is 12.2. The molecule has 6 nitrogen and oxygen atoms in total. The van der Waals surface area contributed by atoms with Gasteiger partial charge in [-0.05, 0) is 44.2 Å². The van der Waals surface area contributed by atoms with Crippen LogP contribution in [0.15, 0.2) is 23.7 Å². The molecule has 0 amide bonds. The summed E-state index contributed by atoms with van der Waals surface area (Å²) in [4.78, 5) is 13.8. The number of likely N-dealkylation sites (tertiary alicyclic amines) is 2. The van der Waals surface area contributed by atoms with Gasteiger partial charge in [-0.2, -0.15) is 0 Å². The Bertz CT molecular complexity index is 540. The summed E-state index contributed by atoms with van der Waals surface area (Å²) >= 11 is 0. The van der Waals surface area contributed by atoms with Gasteiger partial charge in [0.1, 0.15) is 0 Å². The Hall–Kier alpha value is -1.56. The summed E-state index contributed by atoms with van der Waals surface area (Å²) in [7, 11) is 1.91. The van der Waals surface area contributed by atoms with E-state index in [-0.39, 0.29) is 0 Å². The van der Waals surface area contributed by atoms with Gasteiger partial charge in [0.15, 0.2) is 5.96 Å². The summed E-state index contributed by atoms with van der Waals surface area (Å²) in [5.41, 5.74) is 0. The quantitative estimate of drug-likeness (QED) is 0.655. The van der Waals surface area contributed by atoms with Gasteiger partial charge in [-0.3, -0.25) is 4.99 Å². The van der Waals surface area contributed by atoms with E-state index in [1.165, 1.54) is 38.9 Å². The van der Waals surface area contributed by atoms with Crippen molar-refractivity contribution in [1.82, 2.24) is 24.7 Å². The molecule has 140 valence electrons. The van der Waals surface area contributed by atoms with Crippen LogP contribution < -0.4 is 5.32 Å². The van der Waals surface area contributed by atoms with Crippen LogP contribution in [0.4, 0.5) is 0 Å². The molecule has 0 radical (unpaired) electrons. The van der Waals surface area contributed by atoms with E-state index in [1.807, 2.05) is 19.6 Å². The molecule has 0 aromatic carbocycles. The van der Waals surface area contributed by atoms with Crippen molar-refractivity contribution in [1.29, 1.82) is 0 Å². The van der Waals surface area contributed by atoms with Crippen molar-refractivity contribution in [3.05, 3.63) is 18.7 Å². The molecule has 3 heterocycles. The zero-order valence-electron chi connectivity index (χ0n) is 16.1. The zero-order chi connectivity index (χ0) is 17.6. The van der Waals surface area contributed by atoms with Gasteiger partial charge >= 0.3 is 0 Å². The molecule has 0 aliphatic carbocycles. The van der Waals surface area contributed by atoms with Gasteiger partial charge < -0.3 is 19.7 Å². The van der Waals surface area contributed by atoms with Crippen molar-refractivity contribution in [2.75, 3.05) is 46.3 Å². The number of hydrogen-bond acceptors (Lipinski definition) is 3. The van der Waals surface area contributed by atoms with E-state index < -0.39 is 0 Å². The maximum absolute atomic E-state index is 4.56. The molecule has 1 N–H and O–H groups in total. The van der Waals surface area contributed by atoms with E-state index in [2.05, 4.69) is 49.7 Å². The van der Waals surface area contributed by atoms with E-state index in [0.717, 1.165) is 31.5 Å². The lowest BCUT2D eigenvalue weighted by atomic mass is 9.93. The number of aliphatic imine (C=N–C) groups is 1. The van der Waals surface area contributed by atoms with Crippen molar-refractivity contribution in [3.8, 4) is 0 Å². The average molecular weight is 347 g/mol. The minimum Gasteiger partial charge on any atom is -0.356 e. The van der Waals surface area contributed by atoms with Crippen LogP contribution in [0.2, 0.25) is 0 Å².